The van der Waals surface area contributed by atoms with Gasteiger partial charge in [0.05, 0.1) is 18.7 Å². The van der Waals surface area contributed by atoms with Crippen LogP contribution >= 0.6 is 0 Å². The van der Waals surface area contributed by atoms with Crippen LogP contribution in [-0.4, -0.2) is 30.7 Å². The fraction of sp³-hybridized carbons (Fsp3) is 0.185. The zero-order valence-corrected chi connectivity index (χ0v) is 19.0. The maximum Gasteiger partial charge on any atom is 0.300 e. The van der Waals surface area contributed by atoms with Gasteiger partial charge in [-0.2, -0.15) is 0 Å². The number of ketones is 1. The minimum absolute atomic E-state index is 0.0292. The molecule has 1 amide bonds. The fourth-order valence-corrected chi connectivity index (χ4v) is 4.46. The minimum atomic E-state index is -0.818. The van der Waals surface area contributed by atoms with Gasteiger partial charge in [0.1, 0.15) is 11.5 Å². The van der Waals surface area contributed by atoms with Crippen LogP contribution in [0, 0.1) is 13.8 Å². The van der Waals surface area contributed by atoms with E-state index in [-0.39, 0.29) is 18.1 Å². The average Bonchev–Trinajstić information content (AvgIpc) is 3.40. The number of Topliss-reactive ketones (excluding diaryl/α,β-unsaturated/α-hetero) is 1. The molecule has 0 aliphatic carbocycles. The van der Waals surface area contributed by atoms with Crippen molar-refractivity contribution in [2.45, 2.75) is 19.9 Å². The van der Waals surface area contributed by atoms with Gasteiger partial charge >= 0.3 is 0 Å². The Kier molecular flexibility index (Phi) is 5.24. The Hall–Kier alpha value is -4.26. The maximum absolute atomic E-state index is 13.4. The number of anilines is 1. The fourth-order valence-electron chi connectivity index (χ4n) is 4.46. The topological polar surface area (TPSA) is 85.3 Å². The Morgan fingerprint density at radius 3 is 2.53 bits per heavy atom. The van der Waals surface area contributed by atoms with Gasteiger partial charge in [0, 0.05) is 17.3 Å². The van der Waals surface area contributed by atoms with Crippen molar-refractivity contribution in [3.8, 4) is 17.2 Å². The number of hydrogen-bond donors (Lipinski definition) is 1. The van der Waals surface area contributed by atoms with Crippen molar-refractivity contribution in [1.29, 1.82) is 0 Å². The predicted molar refractivity (Wildman–Crippen MR) is 126 cm³/mol. The highest BCUT2D eigenvalue weighted by Gasteiger charge is 2.47. The molecule has 5 rings (SSSR count). The molecule has 172 valence electrons. The first-order valence-corrected chi connectivity index (χ1v) is 10.8. The summed E-state index contributed by atoms with van der Waals surface area (Å²) in [5.41, 5.74) is 3.36. The van der Waals surface area contributed by atoms with Crippen LogP contribution in [0.3, 0.4) is 0 Å². The van der Waals surface area contributed by atoms with E-state index in [9.17, 15) is 14.7 Å². The van der Waals surface area contributed by atoms with Crippen molar-refractivity contribution in [3.05, 3.63) is 88.5 Å². The van der Waals surface area contributed by atoms with Gasteiger partial charge in [0.2, 0.25) is 6.79 Å². The molecule has 34 heavy (non-hydrogen) atoms. The van der Waals surface area contributed by atoms with Crippen LogP contribution in [0.2, 0.25) is 0 Å². The molecule has 2 aliphatic rings. The molecule has 3 aromatic rings. The van der Waals surface area contributed by atoms with Gasteiger partial charge < -0.3 is 19.3 Å². The molecule has 1 saturated heterocycles. The van der Waals surface area contributed by atoms with E-state index in [2.05, 4.69) is 0 Å². The van der Waals surface area contributed by atoms with Gasteiger partial charge in [0.15, 0.2) is 11.5 Å². The lowest BCUT2D eigenvalue weighted by atomic mass is 9.93. The van der Waals surface area contributed by atoms with Crippen LogP contribution in [0.4, 0.5) is 5.69 Å². The summed E-state index contributed by atoms with van der Waals surface area (Å²) < 4.78 is 16.1. The van der Waals surface area contributed by atoms with Crippen LogP contribution in [0.1, 0.15) is 28.3 Å². The summed E-state index contributed by atoms with van der Waals surface area (Å²) in [5, 5.41) is 11.4. The number of aryl methyl sites for hydroxylation is 2. The molecule has 3 aromatic carbocycles. The van der Waals surface area contributed by atoms with E-state index in [1.54, 1.807) is 43.5 Å². The summed E-state index contributed by atoms with van der Waals surface area (Å²) in [6.45, 7) is 3.84. The molecule has 1 N–H and O–H groups in total. The SMILES string of the molecule is COc1ccc(/C(O)=C2\C(=O)C(=O)N(c3ccc4c(c3)OCO4)C2c2cccc(C)c2)c(C)c1. The van der Waals surface area contributed by atoms with Crippen LogP contribution in [0.25, 0.3) is 5.76 Å². The number of ether oxygens (including phenoxy) is 3. The monoisotopic (exact) mass is 457 g/mol. The first-order chi connectivity index (χ1) is 16.4. The van der Waals surface area contributed by atoms with Crippen molar-refractivity contribution in [1.82, 2.24) is 0 Å². The largest absolute Gasteiger partial charge is 0.507 e. The number of hydrogen-bond acceptors (Lipinski definition) is 6. The molecule has 1 fully saturated rings. The summed E-state index contributed by atoms with van der Waals surface area (Å²) >= 11 is 0. The Morgan fingerprint density at radius 2 is 1.79 bits per heavy atom. The summed E-state index contributed by atoms with van der Waals surface area (Å²) in [6, 6.07) is 17.0. The average molecular weight is 457 g/mol. The molecule has 7 heteroatoms. The molecule has 0 radical (unpaired) electrons. The molecule has 7 nitrogen and oxygen atoms in total. The third-order valence-corrected chi connectivity index (χ3v) is 6.13. The highest BCUT2D eigenvalue weighted by molar-refractivity contribution is 6.51. The van der Waals surface area contributed by atoms with Gasteiger partial charge in [-0.1, -0.05) is 29.8 Å². The molecule has 0 spiro atoms. The molecular formula is C27H23NO6. The number of nitrogens with zero attached hydrogens (tertiary/aromatic N) is 1. The molecular weight excluding hydrogens is 434 g/mol. The van der Waals surface area contributed by atoms with Gasteiger partial charge in [-0.25, -0.2) is 0 Å². The second-order valence-electron chi connectivity index (χ2n) is 8.30. The van der Waals surface area contributed by atoms with E-state index in [4.69, 9.17) is 14.2 Å². The zero-order chi connectivity index (χ0) is 24.0. The number of fused-ring (bicyclic) bond motifs is 1. The number of carbonyl (C=O) groups excluding carboxylic acids is 2. The summed E-state index contributed by atoms with van der Waals surface area (Å²) in [4.78, 5) is 28.1. The third-order valence-electron chi connectivity index (χ3n) is 6.13. The number of aliphatic hydroxyl groups excluding tert-OH is 1. The third kappa shape index (κ3) is 3.46. The van der Waals surface area contributed by atoms with Gasteiger partial charge in [0.25, 0.3) is 11.7 Å². The second kappa shape index (κ2) is 8.26. The van der Waals surface area contributed by atoms with Crippen LogP contribution in [-0.2, 0) is 9.59 Å². The second-order valence-corrected chi connectivity index (χ2v) is 8.30. The molecule has 0 aromatic heterocycles. The smallest absolute Gasteiger partial charge is 0.300 e. The summed E-state index contributed by atoms with van der Waals surface area (Å²) in [5.74, 6) is -0.0111. The van der Waals surface area contributed by atoms with Crippen LogP contribution in [0.5, 0.6) is 17.2 Å². The molecule has 0 bridgehead atoms. The van der Waals surface area contributed by atoms with Crippen LogP contribution < -0.4 is 19.1 Å². The van der Waals surface area contributed by atoms with E-state index in [0.29, 0.717) is 39.6 Å². The number of amides is 1. The van der Waals surface area contributed by atoms with Crippen molar-refractivity contribution < 1.29 is 28.9 Å². The van der Waals surface area contributed by atoms with Crippen LogP contribution in [0.15, 0.2) is 66.2 Å². The first kappa shape index (κ1) is 21.6. The molecule has 2 aliphatic heterocycles. The van der Waals surface area contributed by atoms with Crippen molar-refractivity contribution in [2.75, 3.05) is 18.8 Å². The Labute approximate surface area is 196 Å². The standard InChI is InChI=1S/C27H23NO6/c1-15-5-4-6-17(11-15)24-23(25(29)20-9-8-19(32-3)12-16(20)2)26(30)27(31)28(24)18-7-10-21-22(13-18)34-14-33-21/h4-13,24,29H,14H2,1-3H3/b25-23+. The Balaban J connectivity index is 1.72. The van der Waals surface area contributed by atoms with Gasteiger partial charge in [-0.15, -0.1) is 0 Å². The highest BCUT2D eigenvalue weighted by Crippen LogP contribution is 2.45. The predicted octanol–water partition coefficient (Wildman–Crippen LogP) is 4.67. The van der Waals surface area contributed by atoms with Gasteiger partial charge in [-0.05, 0) is 55.3 Å². The van der Waals surface area contributed by atoms with Crippen molar-refractivity contribution >= 4 is 23.1 Å². The summed E-state index contributed by atoms with van der Waals surface area (Å²) in [7, 11) is 1.56. The first-order valence-electron chi connectivity index (χ1n) is 10.8. The summed E-state index contributed by atoms with van der Waals surface area (Å²) in [6.07, 6.45) is 0. The van der Waals surface area contributed by atoms with E-state index in [1.807, 2.05) is 38.1 Å². The number of rotatable bonds is 4. The van der Waals surface area contributed by atoms with E-state index >= 15 is 0 Å². The zero-order valence-electron chi connectivity index (χ0n) is 19.0. The van der Waals surface area contributed by atoms with Gasteiger partial charge in [-0.3, -0.25) is 14.5 Å². The Morgan fingerprint density at radius 1 is 1.00 bits per heavy atom. The number of aliphatic hydroxyl groups is 1. The molecule has 1 atom stereocenters. The molecule has 0 saturated carbocycles. The number of methoxy groups -OCH3 is 1. The number of benzene rings is 3. The van der Waals surface area contributed by atoms with Crippen molar-refractivity contribution in [2.24, 2.45) is 0 Å². The number of carbonyl (C=O) groups is 2. The lowest BCUT2D eigenvalue weighted by molar-refractivity contribution is -0.132. The normalized spacial score (nSPS) is 18.4. The molecule has 1 unspecified atom stereocenters. The van der Waals surface area contributed by atoms with E-state index in [0.717, 1.165) is 5.56 Å². The molecule has 2 heterocycles. The quantitative estimate of drug-likeness (QED) is 0.348. The lowest BCUT2D eigenvalue weighted by Gasteiger charge is -2.26. The highest BCUT2D eigenvalue weighted by atomic mass is 16.7. The maximum atomic E-state index is 13.4. The van der Waals surface area contributed by atoms with E-state index in [1.165, 1.54) is 4.90 Å². The lowest BCUT2D eigenvalue weighted by Crippen LogP contribution is -2.29. The van der Waals surface area contributed by atoms with Crippen molar-refractivity contribution in [3.63, 3.8) is 0 Å². The van der Waals surface area contributed by atoms with E-state index < -0.39 is 17.7 Å². The Bertz CT molecular complexity index is 1360. The minimum Gasteiger partial charge on any atom is -0.507 e.